The SMILES string of the molecule is CCc1c(C)nn2cc(F)c(C)cc12. The van der Waals surface area contributed by atoms with E-state index in [0.29, 0.717) is 5.56 Å². The van der Waals surface area contributed by atoms with Gasteiger partial charge < -0.3 is 0 Å². The molecule has 2 nitrogen and oxygen atoms in total. The van der Waals surface area contributed by atoms with E-state index in [1.165, 1.54) is 11.8 Å². The highest BCUT2D eigenvalue weighted by Crippen LogP contribution is 2.18. The molecular formula is C11H13FN2. The van der Waals surface area contributed by atoms with Gasteiger partial charge in [-0.3, -0.25) is 0 Å². The van der Waals surface area contributed by atoms with Gasteiger partial charge in [-0.05, 0) is 31.9 Å². The van der Waals surface area contributed by atoms with Crippen molar-refractivity contribution >= 4 is 5.52 Å². The molecule has 0 spiro atoms. The number of hydrogen-bond donors (Lipinski definition) is 0. The Bertz CT molecular complexity index is 485. The minimum Gasteiger partial charge on any atom is -0.237 e. The van der Waals surface area contributed by atoms with Gasteiger partial charge in [-0.1, -0.05) is 6.92 Å². The van der Waals surface area contributed by atoms with Crippen molar-refractivity contribution in [1.29, 1.82) is 0 Å². The van der Waals surface area contributed by atoms with Gasteiger partial charge in [0.1, 0.15) is 5.82 Å². The fourth-order valence-electron chi connectivity index (χ4n) is 1.77. The second kappa shape index (κ2) is 3.08. The van der Waals surface area contributed by atoms with Gasteiger partial charge in [0.25, 0.3) is 0 Å². The van der Waals surface area contributed by atoms with Crippen molar-refractivity contribution in [2.45, 2.75) is 27.2 Å². The van der Waals surface area contributed by atoms with Crippen molar-refractivity contribution < 1.29 is 4.39 Å². The summed E-state index contributed by atoms with van der Waals surface area (Å²) >= 11 is 0. The van der Waals surface area contributed by atoms with E-state index in [1.54, 1.807) is 11.4 Å². The molecular weight excluding hydrogens is 179 g/mol. The van der Waals surface area contributed by atoms with Crippen molar-refractivity contribution in [3.63, 3.8) is 0 Å². The van der Waals surface area contributed by atoms with Crippen LogP contribution in [0.25, 0.3) is 5.52 Å². The van der Waals surface area contributed by atoms with Crippen LogP contribution in [-0.4, -0.2) is 9.61 Å². The number of nitrogens with zero attached hydrogens (tertiary/aromatic N) is 2. The lowest BCUT2D eigenvalue weighted by atomic mass is 10.1. The molecule has 0 amide bonds. The summed E-state index contributed by atoms with van der Waals surface area (Å²) in [5.41, 5.74) is 3.88. The molecule has 0 atom stereocenters. The largest absolute Gasteiger partial charge is 0.237 e. The van der Waals surface area contributed by atoms with Gasteiger partial charge in [-0.15, -0.1) is 0 Å². The minimum absolute atomic E-state index is 0.206. The maximum absolute atomic E-state index is 13.2. The first-order valence-corrected chi connectivity index (χ1v) is 4.77. The minimum atomic E-state index is -0.206. The molecule has 0 aliphatic heterocycles. The summed E-state index contributed by atoms with van der Waals surface area (Å²) in [4.78, 5) is 0. The van der Waals surface area contributed by atoms with E-state index in [2.05, 4.69) is 12.0 Å². The average molecular weight is 192 g/mol. The summed E-state index contributed by atoms with van der Waals surface area (Å²) in [5, 5.41) is 4.26. The number of aromatic nitrogens is 2. The van der Waals surface area contributed by atoms with Crippen LogP contribution in [0.4, 0.5) is 4.39 Å². The summed E-state index contributed by atoms with van der Waals surface area (Å²) in [5.74, 6) is -0.206. The highest BCUT2D eigenvalue weighted by Gasteiger charge is 2.09. The Morgan fingerprint density at radius 3 is 2.79 bits per heavy atom. The van der Waals surface area contributed by atoms with E-state index in [-0.39, 0.29) is 5.82 Å². The molecule has 3 heteroatoms. The van der Waals surface area contributed by atoms with E-state index in [9.17, 15) is 4.39 Å². The summed E-state index contributed by atoms with van der Waals surface area (Å²) in [6.45, 7) is 5.82. The maximum atomic E-state index is 13.2. The second-order valence-electron chi connectivity index (χ2n) is 3.55. The molecule has 0 aliphatic carbocycles. The molecule has 14 heavy (non-hydrogen) atoms. The van der Waals surface area contributed by atoms with Crippen LogP contribution >= 0.6 is 0 Å². The van der Waals surface area contributed by atoms with Crippen molar-refractivity contribution in [3.05, 3.63) is 34.9 Å². The lowest BCUT2D eigenvalue weighted by molar-refractivity contribution is 0.605. The van der Waals surface area contributed by atoms with Gasteiger partial charge in [0.2, 0.25) is 0 Å². The highest BCUT2D eigenvalue weighted by molar-refractivity contribution is 5.57. The lowest BCUT2D eigenvalue weighted by Crippen LogP contribution is -1.92. The van der Waals surface area contributed by atoms with Gasteiger partial charge in [-0.25, -0.2) is 8.91 Å². The van der Waals surface area contributed by atoms with Crippen molar-refractivity contribution in [2.75, 3.05) is 0 Å². The Hall–Kier alpha value is -1.38. The first kappa shape index (κ1) is 9.19. The number of pyridine rings is 1. The molecule has 2 aromatic rings. The monoisotopic (exact) mass is 192 g/mol. The lowest BCUT2D eigenvalue weighted by Gasteiger charge is -1.99. The van der Waals surface area contributed by atoms with E-state index in [1.807, 2.05) is 13.0 Å². The topological polar surface area (TPSA) is 17.3 Å². The molecule has 2 rings (SSSR count). The molecule has 2 heterocycles. The fraction of sp³-hybridized carbons (Fsp3) is 0.364. The zero-order valence-electron chi connectivity index (χ0n) is 8.63. The molecule has 0 bridgehead atoms. The standard InChI is InChI=1S/C11H13FN2/c1-4-9-8(3)13-14-6-10(12)7(2)5-11(9)14/h5-6H,4H2,1-3H3. The molecule has 0 N–H and O–H groups in total. The van der Waals surface area contributed by atoms with Crippen molar-refractivity contribution in [1.82, 2.24) is 9.61 Å². The van der Waals surface area contributed by atoms with E-state index in [4.69, 9.17) is 0 Å². The molecule has 0 saturated heterocycles. The molecule has 0 radical (unpaired) electrons. The predicted molar refractivity (Wildman–Crippen MR) is 54.0 cm³/mol. The second-order valence-corrected chi connectivity index (χ2v) is 3.55. The summed E-state index contributed by atoms with van der Waals surface area (Å²) < 4.78 is 14.9. The van der Waals surface area contributed by atoms with Crippen LogP contribution in [0.2, 0.25) is 0 Å². The molecule has 0 fully saturated rings. The van der Waals surface area contributed by atoms with Gasteiger partial charge in [0.15, 0.2) is 0 Å². The van der Waals surface area contributed by atoms with Gasteiger partial charge in [0, 0.05) is 5.56 Å². The van der Waals surface area contributed by atoms with Gasteiger partial charge in [-0.2, -0.15) is 5.10 Å². The molecule has 74 valence electrons. The van der Waals surface area contributed by atoms with Crippen LogP contribution < -0.4 is 0 Å². The van der Waals surface area contributed by atoms with Crippen LogP contribution in [0.3, 0.4) is 0 Å². The molecule has 0 unspecified atom stereocenters. The fourth-order valence-corrected chi connectivity index (χ4v) is 1.77. The third-order valence-electron chi connectivity index (χ3n) is 2.57. The number of hydrogen-bond acceptors (Lipinski definition) is 1. The number of rotatable bonds is 1. The van der Waals surface area contributed by atoms with E-state index in [0.717, 1.165) is 17.6 Å². The zero-order valence-corrected chi connectivity index (χ0v) is 8.63. The average Bonchev–Trinajstić information content (AvgIpc) is 2.42. The van der Waals surface area contributed by atoms with Crippen LogP contribution in [0.15, 0.2) is 12.3 Å². The van der Waals surface area contributed by atoms with E-state index >= 15 is 0 Å². The van der Waals surface area contributed by atoms with Gasteiger partial charge in [0.05, 0.1) is 17.4 Å². The Labute approximate surface area is 82.4 Å². The zero-order chi connectivity index (χ0) is 10.3. The molecule has 0 aromatic carbocycles. The quantitative estimate of drug-likeness (QED) is 0.679. The third kappa shape index (κ3) is 1.20. The van der Waals surface area contributed by atoms with Crippen LogP contribution in [-0.2, 0) is 6.42 Å². The first-order chi connectivity index (χ1) is 6.63. The van der Waals surface area contributed by atoms with Crippen molar-refractivity contribution in [2.24, 2.45) is 0 Å². The highest BCUT2D eigenvalue weighted by atomic mass is 19.1. The Kier molecular flexibility index (Phi) is 2.02. The van der Waals surface area contributed by atoms with Gasteiger partial charge >= 0.3 is 0 Å². The number of halogens is 1. The van der Waals surface area contributed by atoms with Crippen LogP contribution in [0, 0.1) is 19.7 Å². The smallest absolute Gasteiger partial charge is 0.144 e. The van der Waals surface area contributed by atoms with Crippen molar-refractivity contribution in [3.8, 4) is 0 Å². The summed E-state index contributed by atoms with van der Waals surface area (Å²) in [6.07, 6.45) is 2.37. The number of fused-ring (bicyclic) bond motifs is 1. The third-order valence-corrected chi connectivity index (χ3v) is 2.57. The molecule has 0 aliphatic rings. The summed E-state index contributed by atoms with van der Waals surface area (Å²) in [7, 11) is 0. The Balaban J connectivity index is 2.82. The normalized spacial score (nSPS) is 11.1. The predicted octanol–water partition coefficient (Wildman–Crippen LogP) is 2.65. The first-order valence-electron chi connectivity index (χ1n) is 4.77. The molecule has 0 saturated carbocycles. The molecule has 2 aromatic heterocycles. The Morgan fingerprint density at radius 1 is 1.43 bits per heavy atom. The Morgan fingerprint density at radius 2 is 2.14 bits per heavy atom. The number of aryl methyl sites for hydroxylation is 3. The van der Waals surface area contributed by atoms with E-state index < -0.39 is 0 Å². The summed E-state index contributed by atoms with van der Waals surface area (Å²) in [6, 6.07) is 1.86. The maximum Gasteiger partial charge on any atom is 0.144 e. The van der Waals surface area contributed by atoms with Crippen LogP contribution in [0.1, 0.15) is 23.7 Å². The van der Waals surface area contributed by atoms with Crippen LogP contribution in [0.5, 0.6) is 0 Å².